The number of aromatic nitrogens is 4. The Morgan fingerprint density at radius 1 is 1.12 bits per heavy atom. The Morgan fingerprint density at radius 3 is 2.92 bits per heavy atom. The number of rotatable bonds is 4. The molecule has 1 N–H and O–H groups in total. The van der Waals surface area contributed by atoms with Crippen molar-refractivity contribution in [3.05, 3.63) is 70.7 Å². The molecule has 0 saturated heterocycles. The fourth-order valence-corrected chi connectivity index (χ4v) is 2.53. The predicted molar refractivity (Wildman–Crippen MR) is 88.7 cm³/mol. The molecule has 8 nitrogen and oxygen atoms in total. The molecule has 1 aromatic carbocycles. The smallest absolute Gasteiger partial charge is 0.270 e. The molecule has 24 heavy (non-hydrogen) atoms. The van der Waals surface area contributed by atoms with Crippen LogP contribution in [0.1, 0.15) is 5.69 Å². The number of nitro groups is 1. The standard InChI is InChI=1S/C16H12N6O2/c23-22(24)12-2-3-14-11(9-12)1-4-15(20-14)18-10-13-5-7-17-16-6-8-19-21(13)16/h1-9H,10H2,(H,18,20). The topological polar surface area (TPSA) is 98.2 Å². The van der Waals surface area contributed by atoms with Gasteiger partial charge in [-0.25, -0.2) is 14.5 Å². The minimum absolute atomic E-state index is 0.0582. The second kappa shape index (κ2) is 5.58. The Labute approximate surface area is 135 Å². The van der Waals surface area contributed by atoms with Crippen molar-refractivity contribution in [1.82, 2.24) is 19.6 Å². The Morgan fingerprint density at radius 2 is 2.04 bits per heavy atom. The van der Waals surface area contributed by atoms with Gasteiger partial charge in [0, 0.05) is 29.8 Å². The molecule has 0 aliphatic heterocycles. The van der Waals surface area contributed by atoms with Crippen molar-refractivity contribution in [3.8, 4) is 0 Å². The number of nitrogens with one attached hydrogen (secondary N) is 1. The molecule has 0 aliphatic carbocycles. The molecule has 0 amide bonds. The van der Waals surface area contributed by atoms with E-state index in [0.717, 1.165) is 16.7 Å². The van der Waals surface area contributed by atoms with Gasteiger partial charge in [0.1, 0.15) is 5.82 Å². The third-order valence-electron chi connectivity index (χ3n) is 3.70. The molecule has 4 aromatic rings. The van der Waals surface area contributed by atoms with Gasteiger partial charge in [-0.15, -0.1) is 0 Å². The lowest BCUT2D eigenvalue weighted by molar-refractivity contribution is -0.384. The van der Waals surface area contributed by atoms with E-state index >= 15 is 0 Å². The monoisotopic (exact) mass is 320 g/mol. The van der Waals surface area contributed by atoms with E-state index in [4.69, 9.17) is 0 Å². The number of anilines is 1. The fourth-order valence-electron chi connectivity index (χ4n) is 2.53. The molecule has 118 valence electrons. The van der Waals surface area contributed by atoms with Crippen LogP contribution in [0.25, 0.3) is 16.6 Å². The van der Waals surface area contributed by atoms with Gasteiger partial charge in [-0.05, 0) is 24.3 Å². The molecule has 3 aromatic heterocycles. The molecule has 0 bridgehead atoms. The van der Waals surface area contributed by atoms with E-state index in [9.17, 15) is 10.1 Å². The van der Waals surface area contributed by atoms with Crippen LogP contribution in [0, 0.1) is 10.1 Å². The van der Waals surface area contributed by atoms with Crippen molar-refractivity contribution in [2.24, 2.45) is 0 Å². The maximum atomic E-state index is 10.8. The van der Waals surface area contributed by atoms with Gasteiger partial charge >= 0.3 is 0 Å². The van der Waals surface area contributed by atoms with Gasteiger partial charge in [0.25, 0.3) is 5.69 Å². The molecule has 3 heterocycles. The highest BCUT2D eigenvalue weighted by Gasteiger charge is 2.07. The third kappa shape index (κ3) is 2.50. The Bertz CT molecular complexity index is 1060. The van der Waals surface area contributed by atoms with Crippen LogP contribution < -0.4 is 5.32 Å². The number of benzene rings is 1. The van der Waals surface area contributed by atoms with Gasteiger partial charge in [0.15, 0.2) is 5.65 Å². The zero-order valence-corrected chi connectivity index (χ0v) is 12.5. The number of hydrogen-bond acceptors (Lipinski definition) is 6. The summed E-state index contributed by atoms with van der Waals surface area (Å²) in [6.07, 6.45) is 3.44. The maximum Gasteiger partial charge on any atom is 0.270 e. The van der Waals surface area contributed by atoms with Gasteiger partial charge in [-0.2, -0.15) is 5.10 Å². The number of hydrogen-bond donors (Lipinski definition) is 1. The Kier molecular flexibility index (Phi) is 3.27. The van der Waals surface area contributed by atoms with Crippen molar-refractivity contribution in [2.75, 3.05) is 5.32 Å². The SMILES string of the molecule is O=[N+]([O-])c1ccc2nc(NCc3ccnc4ccnn34)ccc2c1. The molecular formula is C16H12N6O2. The zero-order chi connectivity index (χ0) is 16.5. The van der Waals surface area contributed by atoms with Crippen LogP contribution in [0.4, 0.5) is 11.5 Å². The normalized spacial score (nSPS) is 11.0. The van der Waals surface area contributed by atoms with E-state index in [-0.39, 0.29) is 5.69 Å². The molecule has 0 aliphatic rings. The third-order valence-corrected chi connectivity index (χ3v) is 3.70. The zero-order valence-electron chi connectivity index (χ0n) is 12.5. The van der Waals surface area contributed by atoms with E-state index < -0.39 is 4.92 Å². The highest BCUT2D eigenvalue weighted by atomic mass is 16.6. The Hall–Kier alpha value is -3.55. The van der Waals surface area contributed by atoms with Crippen LogP contribution in [0.3, 0.4) is 0 Å². The van der Waals surface area contributed by atoms with Crippen molar-refractivity contribution >= 4 is 28.1 Å². The molecule has 8 heteroatoms. The van der Waals surface area contributed by atoms with E-state index in [1.807, 2.05) is 18.2 Å². The van der Waals surface area contributed by atoms with E-state index in [0.29, 0.717) is 17.9 Å². The molecule has 0 saturated carbocycles. The molecule has 4 rings (SSSR count). The number of nitro benzene ring substituents is 1. The van der Waals surface area contributed by atoms with E-state index in [2.05, 4.69) is 20.4 Å². The van der Waals surface area contributed by atoms with Gasteiger partial charge in [0.05, 0.1) is 28.9 Å². The summed E-state index contributed by atoms with van der Waals surface area (Å²) in [5.41, 5.74) is 2.50. The predicted octanol–water partition coefficient (Wildman–Crippen LogP) is 2.80. The minimum atomic E-state index is -0.412. The lowest BCUT2D eigenvalue weighted by Crippen LogP contribution is -2.07. The fraction of sp³-hybridized carbons (Fsp3) is 0.0625. The lowest BCUT2D eigenvalue weighted by atomic mass is 10.2. The summed E-state index contributed by atoms with van der Waals surface area (Å²) in [6.45, 7) is 0.534. The largest absolute Gasteiger partial charge is 0.364 e. The van der Waals surface area contributed by atoms with Crippen LogP contribution in [0.2, 0.25) is 0 Å². The highest BCUT2D eigenvalue weighted by Crippen LogP contribution is 2.21. The van der Waals surface area contributed by atoms with E-state index in [1.54, 1.807) is 29.0 Å². The Balaban J connectivity index is 1.59. The average molecular weight is 320 g/mol. The highest BCUT2D eigenvalue weighted by molar-refractivity contribution is 5.82. The van der Waals surface area contributed by atoms with Crippen molar-refractivity contribution in [1.29, 1.82) is 0 Å². The number of fused-ring (bicyclic) bond motifs is 2. The minimum Gasteiger partial charge on any atom is -0.364 e. The van der Waals surface area contributed by atoms with Crippen LogP contribution in [-0.4, -0.2) is 24.5 Å². The first kappa shape index (κ1) is 14.1. The average Bonchev–Trinajstić information content (AvgIpc) is 3.08. The quantitative estimate of drug-likeness (QED) is 0.458. The first-order chi connectivity index (χ1) is 11.7. The van der Waals surface area contributed by atoms with Crippen LogP contribution in [-0.2, 0) is 6.54 Å². The molecule has 0 unspecified atom stereocenters. The summed E-state index contributed by atoms with van der Waals surface area (Å²) >= 11 is 0. The van der Waals surface area contributed by atoms with Gasteiger partial charge in [-0.3, -0.25) is 10.1 Å². The number of nitrogens with zero attached hydrogens (tertiary/aromatic N) is 5. The summed E-state index contributed by atoms with van der Waals surface area (Å²) in [7, 11) is 0. The summed E-state index contributed by atoms with van der Waals surface area (Å²) in [5, 5.41) is 19.0. The van der Waals surface area contributed by atoms with Gasteiger partial charge < -0.3 is 5.32 Å². The van der Waals surface area contributed by atoms with Gasteiger partial charge in [-0.1, -0.05) is 0 Å². The van der Waals surface area contributed by atoms with Crippen molar-refractivity contribution < 1.29 is 4.92 Å². The second-order valence-corrected chi connectivity index (χ2v) is 5.22. The molecule has 0 radical (unpaired) electrons. The number of pyridine rings is 1. The van der Waals surface area contributed by atoms with Crippen molar-refractivity contribution in [2.45, 2.75) is 6.54 Å². The first-order valence-electron chi connectivity index (χ1n) is 7.27. The number of non-ortho nitro benzene ring substituents is 1. The summed E-state index contributed by atoms with van der Waals surface area (Å²) in [4.78, 5) is 19.1. The molecule has 0 fully saturated rings. The second-order valence-electron chi connectivity index (χ2n) is 5.22. The molecule has 0 spiro atoms. The molecular weight excluding hydrogens is 308 g/mol. The van der Waals surface area contributed by atoms with Crippen molar-refractivity contribution in [3.63, 3.8) is 0 Å². The maximum absolute atomic E-state index is 10.8. The van der Waals surface area contributed by atoms with Crippen LogP contribution in [0.5, 0.6) is 0 Å². The lowest BCUT2D eigenvalue weighted by Gasteiger charge is -2.08. The first-order valence-corrected chi connectivity index (χ1v) is 7.27. The summed E-state index contributed by atoms with van der Waals surface area (Å²) < 4.78 is 1.76. The summed E-state index contributed by atoms with van der Waals surface area (Å²) in [6, 6.07) is 12.0. The van der Waals surface area contributed by atoms with E-state index in [1.165, 1.54) is 12.1 Å². The van der Waals surface area contributed by atoms with Gasteiger partial charge in [0.2, 0.25) is 0 Å². The molecule has 0 atom stereocenters. The van der Waals surface area contributed by atoms with Crippen LogP contribution in [0.15, 0.2) is 54.9 Å². The van der Waals surface area contributed by atoms with Crippen LogP contribution >= 0.6 is 0 Å². The summed E-state index contributed by atoms with van der Waals surface area (Å²) in [5.74, 6) is 0.688.